The molecule has 39 heavy (non-hydrogen) atoms. The van der Waals surface area contributed by atoms with E-state index < -0.39 is 53.6 Å². The van der Waals surface area contributed by atoms with Crippen LogP contribution in [-0.4, -0.2) is 59.9 Å². The van der Waals surface area contributed by atoms with E-state index in [-0.39, 0.29) is 52.3 Å². The van der Waals surface area contributed by atoms with Crippen molar-refractivity contribution >= 4 is 28.2 Å². The number of ether oxygens (including phenoxy) is 1. The van der Waals surface area contributed by atoms with E-state index in [1.54, 1.807) is 6.92 Å². The van der Waals surface area contributed by atoms with Crippen LogP contribution in [0.4, 0.5) is 22.0 Å². The monoisotopic (exact) mass is 601 g/mol. The van der Waals surface area contributed by atoms with Crippen LogP contribution in [0, 0.1) is 5.92 Å². The largest absolute Gasteiger partial charge is 0.434 e. The van der Waals surface area contributed by atoms with E-state index >= 15 is 0 Å². The standard InChI is InChI=1S/C24H29ClF5N3O5S/c1-2-33-20(16-4-3-14(7-10-24(28,29)30)11-17(16)38-22(26)27)18(25)19(32-33)21(34)31-13-23(35)8-5-15(6-9-23)12-39(36)37/h3-4,11,15,22,35,39H,2,5-10,12-13H2,1H3,(H,31,34)/t15-,23+. The molecule has 0 aliphatic heterocycles. The van der Waals surface area contributed by atoms with Gasteiger partial charge in [0.05, 0.1) is 22.1 Å². The second-order valence-electron chi connectivity index (χ2n) is 9.52. The van der Waals surface area contributed by atoms with Crippen LogP contribution in [0.5, 0.6) is 5.75 Å². The predicted octanol–water partition coefficient (Wildman–Crippen LogP) is 4.58. The number of carbonyl (C=O) groups excluding carboxylic acids is 1. The molecule has 2 N–H and O–H groups in total. The molecular weight excluding hydrogens is 573 g/mol. The fourth-order valence-electron chi connectivity index (χ4n) is 4.58. The molecule has 0 saturated heterocycles. The van der Waals surface area contributed by atoms with E-state index in [4.69, 9.17) is 11.6 Å². The molecule has 0 radical (unpaired) electrons. The van der Waals surface area contributed by atoms with Crippen molar-refractivity contribution in [2.24, 2.45) is 5.92 Å². The number of hydrogen-bond donors (Lipinski definition) is 3. The summed E-state index contributed by atoms with van der Waals surface area (Å²) >= 11 is 6.47. The minimum Gasteiger partial charge on any atom is -0.434 e. The van der Waals surface area contributed by atoms with Gasteiger partial charge in [0.25, 0.3) is 5.91 Å². The predicted molar refractivity (Wildman–Crippen MR) is 134 cm³/mol. The molecule has 15 heteroatoms. The molecule has 1 heterocycles. The highest BCUT2D eigenvalue weighted by atomic mass is 35.5. The lowest BCUT2D eigenvalue weighted by Gasteiger charge is -2.35. The average molecular weight is 602 g/mol. The van der Waals surface area contributed by atoms with Gasteiger partial charge in [-0.25, -0.2) is 8.42 Å². The van der Waals surface area contributed by atoms with E-state index in [2.05, 4.69) is 15.2 Å². The van der Waals surface area contributed by atoms with Crippen molar-refractivity contribution in [2.75, 3.05) is 12.3 Å². The van der Waals surface area contributed by atoms with Crippen LogP contribution in [0.1, 0.15) is 55.1 Å². The normalized spacial score (nSPS) is 20.0. The Morgan fingerprint density at radius 2 is 1.97 bits per heavy atom. The lowest BCUT2D eigenvalue weighted by Crippen LogP contribution is -2.45. The Morgan fingerprint density at radius 1 is 1.31 bits per heavy atom. The Balaban J connectivity index is 1.82. The fourth-order valence-corrected chi connectivity index (χ4v) is 5.69. The summed E-state index contributed by atoms with van der Waals surface area (Å²) in [6.07, 6.45) is -4.48. The number of aliphatic hydroxyl groups is 1. The van der Waals surface area contributed by atoms with Crippen LogP contribution in [0.15, 0.2) is 18.2 Å². The lowest BCUT2D eigenvalue weighted by atomic mass is 9.79. The molecule has 0 unspecified atom stereocenters. The molecule has 1 saturated carbocycles. The molecule has 1 aromatic carbocycles. The topological polar surface area (TPSA) is 111 Å². The first-order valence-electron chi connectivity index (χ1n) is 12.2. The lowest BCUT2D eigenvalue weighted by molar-refractivity contribution is -0.134. The highest BCUT2D eigenvalue weighted by Gasteiger charge is 2.35. The molecule has 1 aliphatic rings. The van der Waals surface area contributed by atoms with Crippen molar-refractivity contribution in [3.63, 3.8) is 0 Å². The Kier molecular flexibility index (Phi) is 10.2. The zero-order valence-corrected chi connectivity index (χ0v) is 22.6. The van der Waals surface area contributed by atoms with Gasteiger partial charge in [-0.15, -0.1) is 0 Å². The molecule has 2 aromatic rings. The van der Waals surface area contributed by atoms with Gasteiger partial charge in [-0.2, -0.15) is 27.1 Å². The van der Waals surface area contributed by atoms with E-state index in [0.29, 0.717) is 25.7 Å². The molecule has 1 aliphatic carbocycles. The molecule has 3 rings (SSSR count). The van der Waals surface area contributed by atoms with E-state index in [0.717, 1.165) is 6.07 Å². The van der Waals surface area contributed by atoms with Crippen LogP contribution in [-0.2, 0) is 23.7 Å². The third-order valence-electron chi connectivity index (χ3n) is 6.64. The summed E-state index contributed by atoms with van der Waals surface area (Å²) in [5, 5.41) is 17.4. The Morgan fingerprint density at radius 3 is 2.54 bits per heavy atom. The van der Waals surface area contributed by atoms with Crippen LogP contribution < -0.4 is 10.1 Å². The van der Waals surface area contributed by atoms with Gasteiger partial charge < -0.3 is 15.2 Å². The summed E-state index contributed by atoms with van der Waals surface area (Å²) in [6.45, 7) is -1.58. The SMILES string of the molecule is CCn1nc(C(=O)NC[C@]2(O)CC[C@@H](C[SH](=O)=O)CC2)c(Cl)c1-c1ccc(CCC(F)(F)F)cc1OC(F)F. The number of carbonyl (C=O) groups is 1. The first-order valence-corrected chi connectivity index (χ1v) is 14.0. The van der Waals surface area contributed by atoms with Crippen molar-refractivity contribution < 1.29 is 45.0 Å². The number of aryl methyl sites for hydroxylation is 2. The summed E-state index contributed by atoms with van der Waals surface area (Å²) in [5.74, 6) is -1.15. The number of aromatic nitrogens is 2. The number of nitrogens with zero attached hydrogens (tertiary/aromatic N) is 2. The van der Waals surface area contributed by atoms with Crippen molar-refractivity contribution in [3.8, 4) is 17.0 Å². The quantitative estimate of drug-likeness (QED) is 0.257. The molecular formula is C24H29ClF5N3O5S. The molecule has 218 valence electrons. The molecule has 1 aromatic heterocycles. The van der Waals surface area contributed by atoms with Gasteiger partial charge in [-0.05, 0) is 62.6 Å². The minimum absolute atomic E-state index is 0.0121. The number of amides is 1. The second kappa shape index (κ2) is 12.8. The number of hydrogen-bond acceptors (Lipinski definition) is 6. The number of benzene rings is 1. The number of halogens is 6. The Bertz CT molecular complexity index is 1240. The van der Waals surface area contributed by atoms with Gasteiger partial charge in [0.2, 0.25) is 0 Å². The van der Waals surface area contributed by atoms with Gasteiger partial charge in [-0.1, -0.05) is 17.7 Å². The van der Waals surface area contributed by atoms with Gasteiger partial charge in [0, 0.05) is 25.1 Å². The van der Waals surface area contributed by atoms with Gasteiger partial charge >= 0.3 is 12.8 Å². The maximum Gasteiger partial charge on any atom is 0.389 e. The van der Waals surface area contributed by atoms with Gasteiger partial charge in [0.15, 0.2) is 5.69 Å². The highest BCUT2D eigenvalue weighted by Crippen LogP contribution is 2.39. The van der Waals surface area contributed by atoms with Gasteiger partial charge in [-0.3, -0.25) is 9.48 Å². The van der Waals surface area contributed by atoms with Crippen LogP contribution >= 0.6 is 11.6 Å². The maximum absolute atomic E-state index is 13.2. The molecule has 8 nitrogen and oxygen atoms in total. The smallest absolute Gasteiger partial charge is 0.389 e. The zero-order chi connectivity index (χ0) is 29.0. The number of thiol groups is 1. The minimum atomic E-state index is -4.43. The number of nitrogens with one attached hydrogen (secondary N) is 1. The van der Waals surface area contributed by atoms with Crippen LogP contribution in [0.3, 0.4) is 0 Å². The molecule has 0 bridgehead atoms. The first-order chi connectivity index (χ1) is 18.2. The third kappa shape index (κ3) is 8.52. The Hall–Kier alpha value is -2.45. The summed E-state index contributed by atoms with van der Waals surface area (Å²) in [6, 6.07) is 3.69. The number of rotatable bonds is 11. The van der Waals surface area contributed by atoms with Crippen molar-refractivity contribution in [1.82, 2.24) is 15.1 Å². The fraction of sp³-hybridized carbons (Fsp3) is 0.583. The average Bonchev–Trinajstić information content (AvgIpc) is 3.18. The maximum atomic E-state index is 13.2. The van der Waals surface area contributed by atoms with Crippen LogP contribution in [0.25, 0.3) is 11.3 Å². The van der Waals surface area contributed by atoms with Crippen molar-refractivity contribution in [2.45, 2.75) is 70.4 Å². The van der Waals surface area contributed by atoms with E-state index in [1.807, 2.05) is 0 Å². The van der Waals surface area contributed by atoms with Crippen LogP contribution in [0.2, 0.25) is 5.02 Å². The first kappa shape index (κ1) is 31.1. The molecule has 0 atom stereocenters. The molecule has 1 amide bonds. The van der Waals surface area contributed by atoms with Crippen molar-refractivity contribution in [1.29, 1.82) is 0 Å². The van der Waals surface area contributed by atoms with E-state index in [9.17, 15) is 40.3 Å². The summed E-state index contributed by atoms with van der Waals surface area (Å²) in [7, 11) is -2.52. The summed E-state index contributed by atoms with van der Waals surface area (Å²) < 4.78 is 92.0. The van der Waals surface area contributed by atoms with Crippen molar-refractivity contribution in [3.05, 3.63) is 34.5 Å². The summed E-state index contributed by atoms with van der Waals surface area (Å²) in [5.41, 5.74) is -1.29. The highest BCUT2D eigenvalue weighted by molar-refractivity contribution is 7.72. The molecule has 0 spiro atoms. The van der Waals surface area contributed by atoms with Gasteiger partial charge in [0.1, 0.15) is 16.5 Å². The zero-order valence-electron chi connectivity index (χ0n) is 20.9. The molecule has 1 fully saturated rings. The summed E-state index contributed by atoms with van der Waals surface area (Å²) in [4.78, 5) is 12.9. The number of alkyl halides is 5. The third-order valence-corrected chi connectivity index (χ3v) is 7.82. The Labute approximate surface area is 228 Å². The van der Waals surface area contributed by atoms with E-state index in [1.165, 1.54) is 16.8 Å². The second-order valence-corrected chi connectivity index (χ2v) is 10.9.